The van der Waals surface area contributed by atoms with Gasteiger partial charge in [0.2, 0.25) is 11.8 Å². The number of ether oxygens (including phenoxy) is 1. The average molecular weight is 251 g/mol. The molecule has 2 N–H and O–H groups in total. The van der Waals surface area contributed by atoms with Gasteiger partial charge in [-0.25, -0.2) is 4.98 Å². The Bertz CT molecular complexity index is 378. The van der Waals surface area contributed by atoms with Gasteiger partial charge in [-0.2, -0.15) is 4.98 Å². The fourth-order valence-electron chi connectivity index (χ4n) is 2.29. The van der Waals surface area contributed by atoms with Crippen molar-refractivity contribution in [3.05, 3.63) is 12.3 Å². The topological polar surface area (TPSA) is 67.3 Å². The van der Waals surface area contributed by atoms with Crippen molar-refractivity contribution < 1.29 is 9.84 Å². The van der Waals surface area contributed by atoms with Gasteiger partial charge in [0, 0.05) is 18.8 Å². The molecule has 0 amide bonds. The van der Waals surface area contributed by atoms with Crippen LogP contribution in [0.3, 0.4) is 0 Å². The highest BCUT2D eigenvalue weighted by Crippen LogP contribution is 2.28. The first-order valence-electron chi connectivity index (χ1n) is 6.64. The molecule has 0 spiro atoms. The molecule has 1 fully saturated rings. The molecule has 0 bridgehead atoms. The van der Waals surface area contributed by atoms with Crippen molar-refractivity contribution in [1.82, 2.24) is 9.97 Å². The van der Waals surface area contributed by atoms with Gasteiger partial charge in [0.1, 0.15) is 0 Å². The summed E-state index contributed by atoms with van der Waals surface area (Å²) in [5, 5.41) is 13.5. The van der Waals surface area contributed by atoms with Crippen molar-refractivity contribution in [1.29, 1.82) is 0 Å². The summed E-state index contributed by atoms with van der Waals surface area (Å²) in [5.74, 6) is 1.07. The molecule has 0 aliphatic heterocycles. The Hall–Kier alpha value is -1.36. The van der Waals surface area contributed by atoms with Crippen molar-refractivity contribution in [2.45, 2.75) is 44.6 Å². The van der Waals surface area contributed by atoms with Crippen molar-refractivity contribution >= 4 is 5.95 Å². The fourth-order valence-corrected chi connectivity index (χ4v) is 2.29. The third-order valence-corrected chi connectivity index (χ3v) is 3.28. The highest BCUT2D eigenvalue weighted by atomic mass is 16.5. The largest absolute Gasteiger partial charge is 0.478 e. The number of anilines is 1. The van der Waals surface area contributed by atoms with E-state index < -0.39 is 5.60 Å². The van der Waals surface area contributed by atoms with E-state index in [2.05, 4.69) is 15.3 Å². The van der Waals surface area contributed by atoms with Gasteiger partial charge in [-0.05, 0) is 19.8 Å². The van der Waals surface area contributed by atoms with Gasteiger partial charge < -0.3 is 15.2 Å². The zero-order valence-corrected chi connectivity index (χ0v) is 10.9. The van der Waals surface area contributed by atoms with Crippen LogP contribution in [0, 0.1) is 0 Å². The van der Waals surface area contributed by atoms with Gasteiger partial charge in [-0.3, -0.25) is 0 Å². The molecule has 1 heterocycles. The lowest BCUT2D eigenvalue weighted by Gasteiger charge is -2.32. The number of rotatable bonds is 5. The monoisotopic (exact) mass is 251 g/mol. The van der Waals surface area contributed by atoms with Gasteiger partial charge in [0.25, 0.3) is 0 Å². The van der Waals surface area contributed by atoms with Crippen molar-refractivity contribution in [3.8, 4) is 5.88 Å². The van der Waals surface area contributed by atoms with E-state index in [-0.39, 0.29) is 0 Å². The summed E-state index contributed by atoms with van der Waals surface area (Å²) in [6.07, 6.45) is 6.77. The second-order valence-electron chi connectivity index (χ2n) is 4.79. The van der Waals surface area contributed by atoms with E-state index in [1.54, 1.807) is 12.3 Å². The van der Waals surface area contributed by atoms with Gasteiger partial charge in [0.05, 0.1) is 12.2 Å². The fraction of sp³-hybridized carbons (Fsp3) is 0.692. The number of hydrogen-bond acceptors (Lipinski definition) is 5. The lowest BCUT2D eigenvalue weighted by Crippen LogP contribution is -2.39. The van der Waals surface area contributed by atoms with Crippen molar-refractivity contribution in [2.75, 3.05) is 18.5 Å². The molecular formula is C13H21N3O2. The molecule has 1 saturated carbocycles. The molecule has 0 aromatic carbocycles. The number of nitrogens with zero attached hydrogens (tertiary/aromatic N) is 2. The van der Waals surface area contributed by atoms with Gasteiger partial charge in [-0.15, -0.1) is 0 Å². The Balaban J connectivity index is 1.90. The van der Waals surface area contributed by atoms with Crippen molar-refractivity contribution in [2.24, 2.45) is 0 Å². The summed E-state index contributed by atoms with van der Waals surface area (Å²) < 4.78 is 5.31. The summed E-state index contributed by atoms with van der Waals surface area (Å²) in [6, 6.07) is 1.73. The lowest BCUT2D eigenvalue weighted by molar-refractivity contribution is 0.0165. The predicted octanol–water partition coefficient (Wildman–Crippen LogP) is 1.98. The highest BCUT2D eigenvalue weighted by molar-refractivity contribution is 5.28. The van der Waals surface area contributed by atoms with Crippen molar-refractivity contribution in [3.63, 3.8) is 0 Å². The van der Waals surface area contributed by atoms with Crippen LogP contribution in [0.1, 0.15) is 39.0 Å². The normalized spacial score (nSPS) is 18.3. The van der Waals surface area contributed by atoms with Gasteiger partial charge in [-0.1, -0.05) is 19.3 Å². The minimum atomic E-state index is -0.608. The molecule has 1 aliphatic rings. The highest BCUT2D eigenvalue weighted by Gasteiger charge is 2.28. The molecule has 0 unspecified atom stereocenters. The molecule has 2 rings (SSSR count). The van der Waals surface area contributed by atoms with Crippen LogP contribution in [0.15, 0.2) is 12.3 Å². The summed E-state index contributed by atoms with van der Waals surface area (Å²) in [7, 11) is 0. The molecule has 1 aliphatic carbocycles. The Morgan fingerprint density at radius 1 is 1.39 bits per heavy atom. The lowest BCUT2D eigenvalue weighted by atomic mass is 9.85. The van der Waals surface area contributed by atoms with Crippen LogP contribution in [0.25, 0.3) is 0 Å². The van der Waals surface area contributed by atoms with Crippen LogP contribution in [-0.2, 0) is 0 Å². The number of aliphatic hydroxyl groups is 1. The second kappa shape index (κ2) is 6.00. The summed E-state index contributed by atoms with van der Waals surface area (Å²) in [4.78, 5) is 8.35. The number of hydrogen-bond donors (Lipinski definition) is 2. The molecule has 5 heteroatoms. The van der Waals surface area contributed by atoms with Crippen LogP contribution < -0.4 is 10.1 Å². The molecule has 5 nitrogen and oxygen atoms in total. The quantitative estimate of drug-likeness (QED) is 0.837. The molecule has 100 valence electrons. The average Bonchev–Trinajstić information content (AvgIpc) is 2.38. The van der Waals surface area contributed by atoms with Crippen LogP contribution in [-0.4, -0.2) is 33.8 Å². The van der Waals surface area contributed by atoms with E-state index in [9.17, 15) is 5.11 Å². The summed E-state index contributed by atoms with van der Waals surface area (Å²) in [5.41, 5.74) is -0.608. The smallest absolute Gasteiger partial charge is 0.226 e. The Kier molecular flexibility index (Phi) is 4.36. The van der Waals surface area contributed by atoms with Crippen LogP contribution in [0.2, 0.25) is 0 Å². The molecule has 0 atom stereocenters. The zero-order valence-electron chi connectivity index (χ0n) is 10.9. The van der Waals surface area contributed by atoms with Crippen LogP contribution in [0.5, 0.6) is 5.88 Å². The maximum absolute atomic E-state index is 10.4. The molecule has 1 aromatic rings. The molecule has 0 radical (unpaired) electrons. The van der Waals surface area contributed by atoms with E-state index in [0.717, 1.165) is 25.7 Å². The molecule has 0 saturated heterocycles. The van der Waals surface area contributed by atoms with Gasteiger partial charge >= 0.3 is 0 Å². The van der Waals surface area contributed by atoms with E-state index in [4.69, 9.17) is 4.74 Å². The van der Waals surface area contributed by atoms with Gasteiger partial charge in [0.15, 0.2) is 0 Å². The number of nitrogens with one attached hydrogen (secondary N) is 1. The third kappa shape index (κ3) is 3.57. The first kappa shape index (κ1) is 13.1. The SMILES string of the molecule is CCOc1ccnc(NCC2(O)CCCCC2)n1. The van der Waals surface area contributed by atoms with Crippen LogP contribution >= 0.6 is 0 Å². The maximum atomic E-state index is 10.4. The van der Waals surface area contributed by atoms with E-state index in [1.807, 2.05) is 6.92 Å². The maximum Gasteiger partial charge on any atom is 0.226 e. The zero-order chi connectivity index (χ0) is 12.8. The Morgan fingerprint density at radius 2 is 2.17 bits per heavy atom. The molecule has 18 heavy (non-hydrogen) atoms. The summed E-state index contributed by atoms with van der Waals surface area (Å²) in [6.45, 7) is 3.00. The van der Waals surface area contributed by atoms with Crippen LogP contribution in [0.4, 0.5) is 5.95 Å². The second-order valence-corrected chi connectivity index (χ2v) is 4.79. The number of aromatic nitrogens is 2. The van der Waals surface area contributed by atoms with E-state index >= 15 is 0 Å². The Labute approximate surface area is 108 Å². The summed E-state index contributed by atoms with van der Waals surface area (Å²) >= 11 is 0. The minimum absolute atomic E-state index is 0.503. The standard InChI is InChI=1S/C13H21N3O2/c1-2-18-11-6-9-14-12(16-11)15-10-13(17)7-4-3-5-8-13/h6,9,17H,2-5,7-8,10H2,1H3,(H,14,15,16). The minimum Gasteiger partial charge on any atom is -0.478 e. The van der Waals surface area contributed by atoms with E-state index in [0.29, 0.717) is 25.0 Å². The molecule has 1 aromatic heterocycles. The first-order chi connectivity index (χ1) is 8.72. The molecular weight excluding hydrogens is 230 g/mol. The Morgan fingerprint density at radius 3 is 2.89 bits per heavy atom. The van der Waals surface area contributed by atoms with E-state index in [1.165, 1.54) is 6.42 Å². The first-order valence-corrected chi connectivity index (χ1v) is 6.64. The predicted molar refractivity (Wildman–Crippen MR) is 69.7 cm³/mol. The third-order valence-electron chi connectivity index (χ3n) is 3.28.